The van der Waals surface area contributed by atoms with Crippen molar-refractivity contribution in [1.82, 2.24) is 0 Å². The Bertz CT molecular complexity index is 575. The number of thioether (sulfide) groups is 1. The number of aryl methyl sites for hydroxylation is 2. The summed E-state index contributed by atoms with van der Waals surface area (Å²) in [5.41, 5.74) is 3.26. The summed E-state index contributed by atoms with van der Waals surface area (Å²) < 4.78 is 0. The summed E-state index contributed by atoms with van der Waals surface area (Å²) in [6.07, 6.45) is 0.964. The van der Waals surface area contributed by atoms with Crippen LogP contribution in [0.5, 0.6) is 0 Å². The summed E-state index contributed by atoms with van der Waals surface area (Å²) in [5.74, 6) is 0.693. The molecule has 2 aromatic rings. The second-order valence-corrected chi connectivity index (χ2v) is 5.63. The second-order valence-electron chi connectivity index (χ2n) is 4.58. The third-order valence-electron chi connectivity index (χ3n) is 3.02. The molecule has 2 heteroatoms. The average Bonchev–Trinajstić information content (AvgIpc) is 2.45. The lowest BCUT2D eigenvalue weighted by Crippen LogP contribution is -2.02. The van der Waals surface area contributed by atoms with Crippen LogP contribution in [-0.4, -0.2) is 11.5 Å². The van der Waals surface area contributed by atoms with Crippen LogP contribution in [0, 0.1) is 6.92 Å². The van der Waals surface area contributed by atoms with Crippen molar-refractivity contribution in [3.8, 4) is 0 Å². The number of benzene rings is 2. The molecule has 19 heavy (non-hydrogen) atoms. The quantitative estimate of drug-likeness (QED) is 0.586. The molecule has 0 radical (unpaired) electrons. The normalized spacial score (nSPS) is 10.4. The lowest BCUT2D eigenvalue weighted by molar-refractivity contribution is 0.102. The first kappa shape index (κ1) is 13.9. The van der Waals surface area contributed by atoms with E-state index >= 15 is 0 Å². The van der Waals surface area contributed by atoms with Gasteiger partial charge in [-0.05, 0) is 37.1 Å². The number of ketones is 1. The van der Waals surface area contributed by atoms with E-state index in [1.807, 2.05) is 30.3 Å². The van der Waals surface area contributed by atoms with Gasteiger partial charge in [0.2, 0.25) is 0 Å². The molecule has 0 saturated carbocycles. The Balaban J connectivity index is 2.01. The van der Waals surface area contributed by atoms with E-state index in [9.17, 15) is 4.79 Å². The van der Waals surface area contributed by atoms with Crippen LogP contribution in [0.25, 0.3) is 0 Å². The molecule has 0 fully saturated rings. The molecule has 98 valence electrons. The van der Waals surface area contributed by atoms with E-state index in [2.05, 4.69) is 32.0 Å². The van der Waals surface area contributed by atoms with Crippen LogP contribution < -0.4 is 0 Å². The molecule has 0 heterocycles. The third-order valence-corrected chi connectivity index (χ3v) is 4.01. The molecule has 0 amide bonds. The zero-order valence-corrected chi connectivity index (χ0v) is 12.2. The first-order chi connectivity index (χ1) is 9.19. The zero-order chi connectivity index (χ0) is 13.7. The summed E-state index contributed by atoms with van der Waals surface area (Å²) >= 11 is 1.60. The van der Waals surface area contributed by atoms with Gasteiger partial charge in [0.05, 0.1) is 5.75 Å². The molecule has 2 aromatic carbocycles. The molecule has 1 nitrogen and oxygen atoms in total. The Labute approximate surface area is 119 Å². The fourth-order valence-corrected chi connectivity index (χ4v) is 2.81. The van der Waals surface area contributed by atoms with E-state index in [4.69, 9.17) is 0 Å². The van der Waals surface area contributed by atoms with E-state index in [1.165, 1.54) is 11.1 Å². The highest BCUT2D eigenvalue weighted by atomic mass is 32.2. The predicted molar refractivity (Wildman–Crippen MR) is 82.1 cm³/mol. The smallest absolute Gasteiger partial charge is 0.173 e. The molecule has 0 N–H and O–H groups in total. The zero-order valence-electron chi connectivity index (χ0n) is 11.3. The number of rotatable bonds is 5. The van der Waals surface area contributed by atoms with Gasteiger partial charge < -0.3 is 0 Å². The molecule has 0 unspecified atom stereocenters. The van der Waals surface area contributed by atoms with Crippen LogP contribution in [0.1, 0.15) is 28.4 Å². The SMILES string of the molecule is CCc1cccc(C(=O)CSc2cccc(C)c2)c1. The molecule has 0 aromatic heterocycles. The minimum absolute atomic E-state index is 0.196. The molecule has 0 bridgehead atoms. The summed E-state index contributed by atoms with van der Waals surface area (Å²) in [7, 11) is 0. The number of carbonyl (C=O) groups excluding carboxylic acids is 1. The standard InChI is InChI=1S/C17H18OS/c1-3-14-7-5-8-15(11-14)17(18)12-19-16-9-4-6-13(2)10-16/h4-11H,3,12H2,1-2H3. The maximum Gasteiger partial charge on any atom is 0.173 e. The van der Waals surface area contributed by atoms with Crippen molar-refractivity contribution >= 4 is 17.5 Å². The second kappa shape index (κ2) is 6.58. The van der Waals surface area contributed by atoms with Gasteiger partial charge in [0, 0.05) is 10.5 Å². The number of hydrogen-bond acceptors (Lipinski definition) is 2. The summed E-state index contributed by atoms with van der Waals surface area (Å²) in [6.45, 7) is 4.17. The summed E-state index contributed by atoms with van der Waals surface area (Å²) in [4.78, 5) is 13.3. The molecule has 0 saturated heterocycles. The van der Waals surface area contributed by atoms with Crippen molar-refractivity contribution < 1.29 is 4.79 Å². The van der Waals surface area contributed by atoms with Crippen molar-refractivity contribution in [2.45, 2.75) is 25.2 Å². The van der Waals surface area contributed by atoms with Gasteiger partial charge in [0.25, 0.3) is 0 Å². The van der Waals surface area contributed by atoms with Crippen molar-refractivity contribution in [2.24, 2.45) is 0 Å². The Morgan fingerprint density at radius 2 is 1.89 bits per heavy atom. The topological polar surface area (TPSA) is 17.1 Å². The lowest BCUT2D eigenvalue weighted by Gasteiger charge is -2.04. The van der Waals surface area contributed by atoms with E-state index in [1.54, 1.807) is 11.8 Å². The van der Waals surface area contributed by atoms with Crippen LogP contribution in [0.2, 0.25) is 0 Å². The van der Waals surface area contributed by atoms with Gasteiger partial charge in [-0.2, -0.15) is 0 Å². The summed E-state index contributed by atoms with van der Waals surface area (Å²) in [6, 6.07) is 16.2. The van der Waals surface area contributed by atoms with E-state index in [0.717, 1.165) is 16.9 Å². The van der Waals surface area contributed by atoms with Crippen molar-refractivity contribution in [2.75, 3.05) is 5.75 Å². The van der Waals surface area contributed by atoms with Gasteiger partial charge in [0.1, 0.15) is 0 Å². The molecule has 0 aliphatic rings. The van der Waals surface area contributed by atoms with Crippen LogP contribution in [0.3, 0.4) is 0 Å². The van der Waals surface area contributed by atoms with Crippen molar-refractivity contribution in [3.05, 3.63) is 65.2 Å². The number of hydrogen-bond donors (Lipinski definition) is 0. The maximum atomic E-state index is 12.2. The predicted octanol–water partition coefficient (Wildman–Crippen LogP) is 4.53. The molecule has 0 aliphatic carbocycles. The Morgan fingerprint density at radius 3 is 2.63 bits per heavy atom. The molecule has 0 aliphatic heterocycles. The number of Topliss-reactive ketones (excluding diaryl/α,β-unsaturated/α-hetero) is 1. The molecule has 0 atom stereocenters. The minimum Gasteiger partial charge on any atom is -0.293 e. The fraction of sp³-hybridized carbons (Fsp3) is 0.235. The highest BCUT2D eigenvalue weighted by Gasteiger charge is 2.07. The third kappa shape index (κ3) is 3.97. The van der Waals surface area contributed by atoms with Gasteiger partial charge >= 0.3 is 0 Å². The minimum atomic E-state index is 0.196. The molecule has 0 spiro atoms. The highest BCUT2D eigenvalue weighted by molar-refractivity contribution is 8.00. The Hall–Kier alpha value is -1.54. The largest absolute Gasteiger partial charge is 0.293 e. The molecular formula is C17H18OS. The monoisotopic (exact) mass is 270 g/mol. The van der Waals surface area contributed by atoms with Gasteiger partial charge in [-0.15, -0.1) is 11.8 Å². The average molecular weight is 270 g/mol. The van der Waals surface area contributed by atoms with Crippen LogP contribution >= 0.6 is 11.8 Å². The van der Waals surface area contributed by atoms with E-state index < -0.39 is 0 Å². The van der Waals surface area contributed by atoms with Crippen molar-refractivity contribution in [1.29, 1.82) is 0 Å². The van der Waals surface area contributed by atoms with Gasteiger partial charge in [-0.25, -0.2) is 0 Å². The van der Waals surface area contributed by atoms with Crippen LogP contribution in [-0.2, 0) is 6.42 Å². The van der Waals surface area contributed by atoms with Crippen LogP contribution in [0.15, 0.2) is 53.4 Å². The van der Waals surface area contributed by atoms with E-state index in [0.29, 0.717) is 5.75 Å². The van der Waals surface area contributed by atoms with Gasteiger partial charge in [-0.3, -0.25) is 4.79 Å². The van der Waals surface area contributed by atoms with Crippen molar-refractivity contribution in [3.63, 3.8) is 0 Å². The Morgan fingerprint density at radius 1 is 1.11 bits per heavy atom. The Kier molecular flexibility index (Phi) is 4.80. The van der Waals surface area contributed by atoms with E-state index in [-0.39, 0.29) is 5.78 Å². The molecule has 2 rings (SSSR count). The number of carbonyl (C=O) groups is 1. The fourth-order valence-electron chi connectivity index (χ4n) is 1.90. The lowest BCUT2D eigenvalue weighted by atomic mass is 10.1. The van der Waals surface area contributed by atoms with Gasteiger partial charge in [-0.1, -0.05) is 42.8 Å². The first-order valence-electron chi connectivity index (χ1n) is 6.50. The molecular weight excluding hydrogens is 252 g/mol. The maximum absolute atomic E-state index is 12.2. The first-order valence-corrected chi connectivity index (χ1v) is 7.49. The summed E-state index contributed by atoms with van der Waals surface area (Å²) in [5, 5.41) is 0. The van der Waals surface area contributed by atoms with Crippen LogP contribution in [0.4, 0.5) is 0 Å². The van der Waals surface area contributed by atoms with Gasteiger partial charge in [0.15, 0.2) is 5.78 Å². The highest BCUT2D eigenvalue weighted by Crippen LogP contribution is 2.20.